The Bertz CT molecular complexity index is 410. The van der Waals surface area contributed by atoms with Gasteiger partial charge >= 0.3 is 0 Å². The van der Waals surface area contributed by atoms with Gasteiger partial charge in [0.05, 0.1) is 18.8 Å². The van der Waals surface area contributed by atoms with Crippen molar-refractivity contribution in [3.8, 4) is 0 Å². The van der Waals surface area contributed by atoms with Gasteiger partial charge in [0.1, 0.15) is 5.69 Å². The van der Waals surface area contributed by atoms with Gasteiger partial charge in [-0.15, -0.1) is 5.10 Å². The molecule has 1 amide bonds. The van der Waals surface area contributed by atoms with Gasteiger partial charge in [0.2, 0.25) is 0 Å². The number of nitrogens with zero attached hydrogens (tertiary/aromatic N) is 4. The molecule has 0 unspecified atom stereocenters. The summed E-state index contributed by atoms with van der Waals surface area (Å²) in [6.45, 7) is 7.99. The molecule has 1 aromatic heterocycles. The second-order valence-electron chi connectivity index (χ2n) is 4.76. The largest absolute Gasteiger partial charge is 0.379 e. The summed E-state index contributed by atoms with van der Waals surface area (Å²) in [5.74, 6) is -0.00708. The molecular weight excluding hydrogens is 232 g/mol. The predicted octanol–water partition coefficient (Wildman–Crippen LogP) is 0.938. The zero-order valence-corrected chi connectivity index (χ0v) is 11.2. The number of carbonyl (C=O) groups excluding carboxylic acids is 1. The van der Waals surface area contributed by atoms with Gasteiger partial charge in [-0.25, -0.2) is 4.68 Å². The van der Waals surface area contributed by atoms with E-state index in [0.717, 1.165) is 13.0 Å². The van der Waals surface area contributed by atoms with E-state index in [2.05, 4.69) is 10.3 Å². The second-order valence-corrected chi connectivity index (χ2v) is 4.76. The van der Waals surface area contributed by atoms with E-state index in [1.54, 1.807) is 4.68 Å². The van der Waals surface area contributed by atoms with Gasteiger partial charge in [0.15, 0.2) is 0 Å². The molecule has 0 spiro atoms. The molecule has 0 aromatic carbocycles. The summed E-state index contributed by atoms with van der Waals surface area (Å²) in [5, 5.41) is 7.73. The van der Waals surface area contributed by atoms with Crippen LogP contribution in [0.2, 0.25) is 0 Å². The van der Waals surface area contributed by atoms with Crippen LogP contribution in [-0.4, -0.2) is 51.1 Å². The lowest BCUT2D eigenvalue weighted by Gasteiger charge is -2.31. The Balaban J connectivity index is 2.23. The topological polar surface area (TPSA) is 60.2 Å². The highest BCUT2D eigenvalue weighted by atomic mass is 16.5. The Morgan fingerprint density at radius 2 is 2.44 bits per heavy atom. The molecule has 0 bridgehead atoms. The minimum absolute atomic E-state index is 0.00708. The minimum Gasteiger partial charge on any atom is -0.379 e. The molecule has 0 saturated carbocycles. The highest BCUT2D eigenvalue weighted by molar-refractivity contribution is 5.92. The molecule has 18 heavy (non-hydrogen) atoms. The van der Waals surface area contributed by atoms with Gasteiger partial charge in [-0.2, -0.15) is 0 Å². The molecule has 2 rings (SSSR count). The number of ether oxygens (including phenoxy) is 1. The van der Waals surface area contributed by atoms with Crippen LogP contribution in [0.15, 0.2) is 6.20 Å². The zero-order chi connectivity index (χ0) is 13.1. The highest BCUT2D eigenvalue weighted by Crippen LogP contribution is 2.18. The van der Waals surface area contributed by atoms with E-state index < -0.39 is 0 Å². The molecule has 2 heterocycles. The van der Waals surface area contributed by atoms with Crippen LogP contribution in [-0.2, 0) is 11.3 Å². The molecule has 1 aliphatic rings. The van der Waals surface area contributed by atoms with E-state index in [1.807, 2.05) is 25.7 Å². The molecular formula is C12H20N4O2. The summed E-state index contributed by atoms with van der Waals surface area (Å²) in [6.07, 6.45) is 2.44. The zero-order valence-electron chi connectivity index (χ0n) is 11.2. The van der Waals surface area contributed by atoms with E-state index in [9.17, 15) is 4.79 Å². The molecule has 6 heteroatoms. The number of carbonyl (C=O) groups is 1. The Morgan fingerprint density at radius 3 is 3.00 bits per heavy atom. The molecule has 1 atom stereocenters. The summed E-state index contributed by atoms with van der Waals surface area (Å²) < 4.78 is 7.01. The smallest absolute Gasteiger partial charge is 0.274 e. The van der Waals surface area contributed by atoms with Gasteiger partial charge in [0.25, 0.3) is 5.91 Å². The van der Waals surface area contributed by atoms with Crippen molar-refractivity contribution in [1.82, 2.24) is 19.9 Å². The van der Waals surface area contributed by atoms with E-state index in [1.165, 1.54) is 6.20 Å². The van der Waals surface area contributed by atoms with E-state index in [-0.39, 0.29) is 18.0 Å². The normalized spacial score (nSPS) is 19.4. The van der Waals surface area contributed by atoms with Crippen molar-refractivity contribution in [3.63, 3.8) is 0 Å². The lowest BCUT2D eigenvalue weighted by atomic mass is 10.1. The summed E-state index contributed by atoms with van der Waals surface area (Å²) in [6, 6.07) is 0.308. The average Bonchev–Trinajstić information content (AvgIpc) is 2.98. The average molecular weight is 252 g/mol. The SMILES string of the molecule is CCn1nncc1C(=O)N(C(C)C)[C@H]1CCOC1. The number of aryl methyl sites for hydroxylation is 1. The van der Waals surface area contributed by atoms with E-state index in [0.29, 0.717) is 18.8 Å². The first-order valence-corrected chi connectivity index (χ1v) is 6.44. The first-order valence-electron chi connectivity index (χ1n) is 6.44. The number of rotatable bonds is 4. The maximum absolute atomic E-state index is 12.6. The van der Waals surface area contributed by atoms with Crippen molar-refractivity contribution >= 4 is 5.91 Å². The summed E-state index contributed by atoms with van der Waals surface area (Å²) in [5.41, 5.74) is 0.554. The Labute approximate surface area is 107 Å². The standard InChI is InChI=1S/C12H20N4O2/c1-4-15-11(7-13-14-15)12(17)16(9(2)3)10-5-6-18-8-10/h7,9-10H,4-6,8H2,1-3H3/t10-/m0/s1. The van der Waals surface area contributed by atoms with Crippen molar-refractivity contribution in [2.45, 2.75) is 45.8 Å². The summed E-state index contributed by atoms with van der Waals surface area (Å²) in [4.78, 5) is 14.5. The fourth-order valence-electron chi connectivity index (χ4n) is 2.35. The van der Waals surface area contributed by atoms with E-state index >= 15 is 0 Å². The Kier molecular flexibility index (Phi) is 3.96. The molecule has 1 aliphatic heterocycles. The number of amides is 1. The van der Waals surface area contributed by atoms with Crippen LogP contribution in [0.5, 0.6) is 0 Å². The van der Waals surface area contributed by atoms with Gasteiger partial charge in [-0.3, -0.25) is 4.79 Å². The molecule has 1 saturated heterocycles. The molecule has 0 aliphatic carbocycles. The summed E-state index contributed by atoms with van der Waals surface area (Å²) >= 11 is 0. The highest BCUT2D eigenvalue weighted by Gasteiger charge is 2.31. The van der Waals surface area contributed by atoms with Crippen molar-refractivity contribution in [3.05, 3.63) is 11.9 Å². The quantitative estimate of drug-likeness (QED) is 0.800. The van der Waals surface area contributed by atoms with E-state index in [4.69, 9.17) is 4.74 Å². The molecule has 1 fully saturated rings. The monoisotopic (exact) mass is 252 g/mol. The lowest BCUT2D eigenvalue weighted by molar-refractivity contribution is 0.0569. The third-order valence-corrected chi connectivity index (χ3v) is 3.23. The van der Waals surface area contributed by atoms with Crippen molar-refractivity contribution in [2.24, 2.45) is 0 Å². The van der Waals surface area contributed by atoms with Crippen LogP contribution >= 0.6 is 0 Å². The van der Waals surface area contributed by atoms with Crippen molar-refractivity contribution in [2.75, 3.05) is 13.2 Å². The molecule has 1 aromatic rings. The Morgan fingerprint density at radius 1 is 1.67 bits per heavy atom. The van der Waals surface area contributed by atoms with Crippen molar-refractivity contribution in [1.29, 1.82) is 0 Å². The number of hydrogen-bond acceptors (Lipinski definition) is 4. The molecule has 6 nitrogen and oxygen atoms in total. The number of hydrogen-bond donors (Lipinski definition) is 0. The maximum Gasteiger partial charge on any atom is 0.274 e. The van der Waals surface area contributed by atoms with Crippen LogP contribution < -0.4 is 0 Å². The number of aromatic nitrogens is 3. The van der Waals surface area contributed by atoms with Crippen LogP contribution in [0.1, 0.15) is 37.7 Å². The van der Waals surface area contributed by atoms with Gasteiger partial charge in [0, 0.05) is 19.2 Å². The van der Waals surface area contributed by atoms with Crippen LogP contribution in [0.3, 0.4) is 0 Å². The Hall–Kier alpha value is -1.43. The maximum atomic E-state index is 12.6. The fourth-order valence-corrected chi connectivity index (χ4v) is 2.35. The minimum atomic E-state index is -0.00708. The fraction of sp³-hybridized carbons (Fsp3) is 0.750. The van der Waals surface area contributed by atoms with Crippen LogP contribution in [0.4, 0.5) is 0 Å². The van der Waals surface area contributed by atoms with Crippen molar-refractivity contribution < 1.29 is 9.53 Å². The first-order chi connectivity index (χ1) is 8.65. The first kappa shape index (κ1) is 13.0. The second kappa shape index (κ2) is 5.48. The third kappa shape index (κ3) is 2.38. The molecule has 0 radical (unpaired) electrons. The van der Waals surface area contributed by atoms with Gasteiger partial charge < -0.3 is 9.64 Å². The van der Waals surface area contributed by atoms with Crippen LogP contribution in [0, 0.1) is 0 Å². The third-order valence-electron chi connectivity index (χ3n) is 3.23. The predicted molar refractivity (Wildman–Crippen MR) is 66.2 cm³/mol. The van der Waals surface area contributed by atoms with Gasteiger partial charge in [-0.05, 0) is 27.2 Å². The summed E-state index contributed by atoms with van der Waals surface area (Å²) in [7, 11) is 0. The van der Waals surface area contributed by atoms with Crippen LogP contribution in [0.25, 0.3) is 0 Å². The lowest BCUT2D eigenvalue weighted by Crippen LogP contribution is -2.46. The molecule has 100 valence electrons. The van der Waals surface area contributed by atoms with Gasteiger partial charge in [-0.1, -0.05) is 5.21 Å². The molecule has 0 N–H and O–H groups in total.